The van der Waals surface area contributed by atoms with Crippen LogP contribution in [0, 0.1) is 6.92 Å². The van der Waals surface area contributed by atoms with Gasteiger partial charge in [0.1, 0.15) is 0 Å². The number of aromatic carboxylic acids is 1. The van der Waals surface area contributed by atoms with Crippen molar-refractivity contribution in [2.24, 2.45) is 0 Å². The van der Waals surface area contributed by atoms with Crippen LogP contribution in [0.15, 0.2) is 42.6 Å². The van der Waals surface area contributed by atoms with Crippen molar-refractivity contribution in [2.45, 2.75) is 13.3 Å². The number of carbonyl (C=O) groups is 1. The quantitative estimate of drug-likeness (QED) is 0.647. The molecule has 1 heterocycles. The Labute approximate surface area is 139 Å². The second-order valence-electron chi connectivity index (χ2n) is 5.49. The summed E-state index contributed by atoms with van der Waals surface area (Å²) in [7, 11) is 0. The fourth-order valence-corrected chi connectivity index (χ4v) is 2.84. The number of aryl methyl sites for hydroxylation is 1. The molecule has 4 nitrogen and oxygen atoms in total. The summed E-state index contributed by atoms with van der Waals surface area (Å²) in [4.78, 5) is 14.6. The first-order valence-electron chi connectivity index (χ1n) is 7.38. The van der Waals surface area contributed by atoms with Gasteiger partial charge in [0.25, 0.3) is 0 Å². The minimum Gasteiger partial charge on any atom is -0.478 e. The van der Waals surface area contributed by atoms with E-state index in [4.69, 9.17) is 11.6 Å². The first kappa shape index (κ1) is 15.4. The van der Waals surface area contributed by atoms with Gasteiger partial charge in [0.15, 0.2) is 0 Å². The van der Waals surface area contributed by atoms with Crippen LogP contribution in [-0.4, -0.2) is 22.6 Å². The topological polar surface area (TPSA) is 65.1 Å². The summed E-state index contributed by atoms with van der Waals surface area (Å²) in [6.45, 7) is 2.42. The lowest BCUT2D eigenvalue weighted by Gasteiger charge is -2.11. The monoisotopic (exact) mass is 328 g/mol. The Morgan fingerprint density at radius 2 is 2.09 bits per heavy atom. The van der Waals surface area contributed by atoms with E-state index in [9.17, 15) is 9.90 Å². The summed E-state index contributed by atoms with van der Waals surface area (Å²) in [6.07, 6.45) is 2.78. The molecule has 3 rings (SSSR count). The third-order valence-corrected chi connectivity index (χ3v) is 4.32. The number of para-hydroxylation sites is 1. The van der Waals surface area contributed by atoms with Gasteiger partial charge >= 0.3 is 5.97 Å². The van der Waals surface area contributed by atoms with Crippen LogP contribution in [0.25, 0.3) is 10.9 Å². The van der Waals surface area contributed by atoms with E-state index < -0.39 is 5.97 Å². The third-order valence-electron chi connectivity index (χ3n) is 3.91. The van der Waals surface area contributed by atoms with E-state index >= 15 is 0 Å². The first-order valence-corrected chi connectivity index (χ1v) is 7.76. The van der Waals surface area contributed by atoms with E-state index in [1.807, 2.05) is 24.4 Å². The third kappa shape index (κ3) is 3.17. The maximum atomic E-state index is 11.4. The lowest BCUT2D eigenvalue weighted by molar-refractivity contribution is 0.0698. The fourth-order valence-electron chi connectivity index (χ4n) is 2.67. The van der Waals surface area contributed by atoms with Crippen molar-refractivity contribution < 1.29 is 9.90 Å². The average molecular weight is 329 g/mol. The van der Waals surface area contributed by atoms with Crippen LogP contribution < -0.4 is 5.32 Å². The number of benzene rings is 2. The molecule has 0 unspecified atom stereocenters. The highest BCUT2D eigenvalue weighted by atomic mass is 35.5. The number of carboxylic acids is 1. The maximum absolute atomic E-state index is 11.4. The number of rotatable bonds is 5. The van der Waals surface area contributed by atoms with Crippen molar-refractivity contribution in [3.63, 3.8) is 0 Å². The van der Waals surface area contributed by atoms with Gasteiger partial charge < -0.3 is 15.4 Å². The molecule has 0 fully saturated rings. The van der Waals surface area contributed by atoms with E-state index in [0.717, 1.165) is 17.5 Å². The molecule has 0 bridgehead atoms. The first-order chi connectivity index (χ1) is 11.1. The molecule has 0 aliphatic heterocycles. The molecule has 118 valence electrons. The van der Waals surface area contributed by atoms with E-state index in [-0.39, 0.29) is 5.56 Å². The second-order valence-corrected chi connectivity index (χ2v) is 5.90. The molecular weight excluding hydrogens is 312 g/mol. The Morgan fingerprint density at radius 3 is 2.87 bits per heavy atom. The van der Waals surface area contributed by atoms with E-state index in [0.29, 0.717) is 17.3 Å². The largest absolute Gasteiger partial charge is 0.478 e. The minimum absolute atomic E-state index is 0.242. The molecule has 3 N–H and O–H groups in total. The Hall–Kier alpha value is -2.46. The van der Waals surface area contributed by atoms with Crippen LogP contribution in [0.4, 0.5) is 5.69 Å². The molecule has 0 saturated carbocycles. The number of halogens is 1. The molecule has 0 aliphatic rings. The molecule has 2 aromatic carbocycles. The van der Waals surface area contributed by atoms with E-state index in [1.165, 1.54) is 10.9 Å². The van der Waals surface area contributed by atoms with Crippen molar-refractivity contribution in [3.8, 4) is 0 Å². The van der Waals surface area contributed by atoms with Gasteiger partial charge in [0.05, 0.1) is 11.3 Å². The summed E-state index contributed by atoms with van der Waals surface area (Å²) in [5.41, 5.74) is 3.85. The van der Waals surface area contributed by atoms with Crippen molar-refractivity contribution >= 4 is 34.2 Å². The Bertz CT molecular complexity index is 871. The van der Waals surface area contributed by atoms with Crippen molar-refractivity contribution in [3.05, 3.63) is 64.3 Å². The van der Waals surface area contributed by atoms with Crippen LogP contribution in [-0.2, 0) is 6.42 Å². The highest BCUT2D eigenvalue weighted by Gasteiger charge is 2.12. The van der Waals surface area contributed by atoms with Gasteiger partial charge in [-0.15, -0.1) is 0 Å². The number of carboxylic acid groups (broad SMARTS) is 1. The van der Waals surface area contributed by atoms with Crippen LogP contribution in [0.5, 0.6) is 0 Å². The summed E-state index contributed by atoms with van der Waals surface area (Å²) < 4.78 is 0. The molecule has 23 heavy (non-hydrogen) atoms. The lowest BCUT2D eigenvalue weighted by Crippen LogP contribution is -2.10. The number of hydrogen-bond donors (Lipinski definition) is 3. The number of anilines is 1. The van der Waals surface area contributed by atoms with Crippen LogP contribution >= 0.6 is 11.6 Å². The molecule has 0 radical (unpaired) electrons. The molecule has 3 aromatic rings. The summed E-state index contributed by atoms with van der Waals surface area (Å²) in [5.74, 6) is -0.959. The minimum atomic E-state index is -0.959. The van der Waals surface area contributed by atoms with Gasteiger partial charge in [-0.3, -0.25) is 0 Å². The predicted octanol–water partition coefficient (Wildman–Crippen LogP) is 4.48. The second kappa shape index (κ2) is 6.34. The predicted molar refractivity (Wildman–Crippen MR) is 93.6 cm³/mol. The Morgan fingerprint density at radius 1 is 1.30 bits per heavy atom. The van der Waals surface area contributed by atoms with E-state index in [1.54, 1.807) is 19.1 Å². The summed E-state index contributed by atoms with van der Waals surface area (Å²) in [6, 6.07) is 11.4. The van der Waals surface area contributed by atoms with Gasteiger partial charge in [0.2, 0.25) is 0 Å². The zero-order chi connectivity index (χ0) is 16.4. The molecular formula is C18H17ClN2O2. The SMILES string of the molecule is Cc1cc(C(=O)O)c(NCCc2c[nH]c3ccccc23)cc1Cl. The van der Waals surface area contributed by atoms with Crippen molar-refractivity contribution in [1.82, 2.24) is 4.98 Å². The normalized spacial score (nSPS) is 10.9. The van der Waals surface area contributed by atoms with E-state index in [2.05, 4.69) is 16.4 Å². The Balaban J connectivity index is 1.76. The number of nitrogens with one attached hydrogen (secondary N) is 2. The van der Waals surface area contributed by atoms with Gasteiger partial charge in [-0.05, 0) is 42.7 Å². The van der Waals surface area contributed by atoms with Crippen molar-refractivity contribution in [2.75, 3.05) is 11.9 Å². The standard InChI is InChI=1S/C18H17ClN2O2/c1-11-8-14(18(22)23)17(9-15(11)19)20-7-6-12-10-21-16-5-3-2-4-13(12)16/h2-5,8-10,20-21H,6-7H2,1H3,(H,22,23). The lowest BCUT2D eigenvalue weighted by atomic mass is 10.1. The highest BCUT2D eigenvalue weighted by molar-refractivity contribution is 6.31. The highest BCUT2D eigenvalue weighted by Crippen LogP contribution is 2.25. The van der Waals surface area contributed by atoms with Crippen LogP contribution in [0.2, 0.25) is 5.02 Å². The zero-order valence-electron chi connectivity index (χ0n) is 12.7. The number of aromatic nitrogens is 1. The van der Waals surface area contributed by atoms with Crippen molar-refractivity contribution in [1.29, 1.82) is 0 Å². The molecule has 0 saturated heterocycles. The van der Waals surface area contributed by atoms with Gasteiger partial charge in [0, 0.05) is 28.7 Å². The average Bonchev–Trinajstić information content (AvgIpc) is 2.94. The molecule has 0 aliphatic carbocycles. The summed E-state index contributed by atoms with van der Waals surface area (Å²) >= 11 is 6.11. The molecule has 0 spiro atoms. The molecule has 5 heteroatoms. The smallest absolute Gasteiger partial charge is 0.337 e. The molecule has 0 atom stereocenters. The van der Waals surface area contributed by atoms with Gasteiger partial charge in [-0.25, -0.2) is 4.79 Å². The summed E-state index contributed by atoms with van der Waals surface area (Å²) in [5, 5.41) is 14.3. The van der Waals surface area contributed by atoms with Gasteiger partial charge in [-0.1, -0.05) is 29.8 Å². The number of fused-ring (bicyclic) bond motifs is 1. The molecule has 1 aromatic heterocycles. The zero-order valence-corrected chi connectivity index (χ0v) is 13.4. The van der Waals surface area contributed by atoms with Gasteiger partial charge in [-0.2, -0.15) is 0 Å². The fraction of sp³-hybridized carbons (Fsp3) is 0.167. The number of hydrogen-bond acceptors (Lipinski definition) is 2. The number of aromatic amines is 1. The van der Waals surface area contributed by atoms with Crippen LogP contribution in [0.1, 0.15) is 21.5 Å². The number of H-pyrrole nitrogens is 1. The molecule has 0 amide bonds. The van der Waals surface area contributed by atoms with Crippen LogP contribution in [0.3, 0.4) is 0 Å². The Kier molecular flexibility index (Phi) is 4.26. The maximum Gasteiger partial charge on any atom is 0.337 e.